The molecule has 1 aliphatic heterocycles. The molecule has 3 N–H and O–H groups in total. The number of aromatic nitrogens is 2. The number of rotatable bonds is 7. The summed E-state index contributed by atoms with van der Waals surface area (Å²) >= 11 is 5.92. The van der Waals surface area contributed by atoms with E-state index in [2.05, 4.69) is 20.3 Å². The van der Waals surface area contributed by atoms with E-state index in [0.717, 1.165) is 17.0 Å². The van der Waals surface area contributed by atoms with Crippen molar-refractivity contribution in [2.45, 2.75) is 36.8 Å². The molecule has 16 heteroatoms. The largest absolute Gasteiger partial charge is 0.522 e. The van der Waals surface area contributed by atoms with E-state index >= 15 is 4.39 Å². The van der Waals surface area contributed by atoms with Gasteiger partial charge >= 0.3 is 12.4 Å². The van der Waals surface area contributed by atoms with Crippen LogP contribution in [0.3, 0.4) is 0 Å². The number of nitrogens with zero attached hydrogens (tertiary/aromatic N) is 3. The van der Waals surface area contributed by atoms with Crippen molar-refractivity contribution in [3.05, 3.63) is 52.8 Å². The van der Waals surface area contributed by atoms with Gasteiger partial charge in [-0.05, 0) is 36.8 Å². The van der Waals surface area contributed by atoms with Crippen molar-refractivity contribution < 1.29 is 39.9 Å². The minimum Gasteiger partial charge on any atom is -0.403 e. The molecule has 1 aliphatic rings. The van der Waals surface area contributed by atoms with Crippen LogP contribution in [-0.2, 0) is 25.9 Å². The Balaban J connectivity index is 1.71. The minimum absolute atomic E-state index is 0.106. The molecule has 0 saturated heterocycles. The number of halogens is 5. The number of carbonyl (C=O) groups excluding carboxylic acids is 1. The highest BCUT2D eigenvalue weighted by molar-refractivity contribution is 7.91. The summed E-state index contributed by atoms with van der Waals surface area (Å²) in [5.74, 6) is -2.92. The first kappa shape index (κ1) is 27.8. The maximum absolute atomic E-state index is 15.1. The summed E-state index contributed by atoms with van der Waals surface area (Å²) in [4.78, 5) is 13.8. The Labute approximate surface area is 218 Å². The summed E-state index contributed by atoms with van der Waals surface area (Å²) in [7, 11) is -4.18. The topological polar surface area (TPSA) is 141 Å². The number of nitrogens with one attached hydrogen (secondary N) is 1. The molecule has 3 aromatic rings. The first-order valence-electron chi connectivity index (χ1n) is 10.9. The fraction of sp³-hybridized carbons (Fsp3) is 0.318. The maximum Gasteiger partial charge on any atom is 0.522 e. The standard InChI is InChI=1S/C22H20ClF4N5O5S/c1-11(9-36-22(25,26)27)29-21-31-30-19(37-21)14-6-17-18(7-15(14)24)38(34,35)10-16(28)20(33)32(17)8-12-2-4-13(23)5-3-12/h2-7,11,16H,8-10,28H2,1H3,(H,29,31)/t11-,16-/m0/s1. The lowest BCUT2D eigenvalue weighted by atomic mass is 10.1. The van der Waals surface area contributed by atoms with E-state index in [1.807, 2.05) is 0 Å². The van der Waals surface area contributed by atoms with Crippen LogP contribution in [0.15, 0.2) is 45.7 Å². The van der Waals surface area contributed by atoms with E-state index in [1.54, 1.807) is 24.3 Å². The second kappa shape index (κ2) is 10.5. The fourth-order valence-corrected chi connectivity index (χ4v) is 5.37. The molecule has 2 heterocycles. The number of fused-ring (bicyclic) bond motifs is 1. The lowest BCUT2D eigenvalue weighted by Gasteiger charge is -2.24. The minimum atomic E-state index is -4.83. The summed E-state index contributed by atoms with van der Waals surface area (Å²) in [6, 6.07) is 5.57. The molecule has 4 rings (SSSR count). The molecule has 38 heavy (non-hydrogen) atoms. The molecule has 0 bridgehead atoms. The summed E-state index contributed by atoms with van der Waals surface area (Å²) in [5.41, 5.74) is 5.96. The van der Waals surface area contributed by atoms with Gasteiger partial charge in [-0.1, -0.05) is 28.8 Å². The van der Waals surface area contributed by atoms with Gasteiger partial charge in [-0.3, -0.25) is 9.53 Å². The van der Waals surface area contributed by atoms with Crippen LogP contribution in [0.2, 0.25) is 5.02 Å². The van der Waals surface area contributed by atoms with Crippen molar-refractivity contribution >= 4 is 39.0 Å². The van der Waals surface area contributed by atoms with Crippen LogP contribution < -0.4 is 16.0 Å². The normalized spacial score (nSPS) is 18.1. The van der Waals surface area contributed by atoms with E-state index in [4.69, 9.17) is 21.8 Å². The first-order chi connectivity index (χ1) is 17.7. The maximum atomic E-state index is 15.1. The van der Waals surface area contributed by atoms with Crippen LogP contribution in [0, 0.1) is 5.82 Å². The number of ether oxygens (including phenoxy) is 1. The van der Waals surface area contributed by atoms with Crippen LogP contribution in [0.25, 0.3) is 11.5 Å². The van der Waals surface area contributed by atoms with Crippen LogP contribution in [0.5, 0.6) is 0 Å². The summed E-state index contributed by atoms with van der Waals surface area (Å²) in [5, 5.41) is 10.3. The van der Waals surface area contributed by atoms with Gasteiger partial charge in [-0.2, -0.15) is 0 Å². The zero-order valence-electron chi connectivity index (χ0n) is 19.5. The summed E-state index contributed by atoms with van der Waals surface area (Å²) < 4.78 is 86.9. The molecule has 0 spiro atoms. The van der Waals surface area contributed by atoms with Crippen LogP contribution in [-0.4, -0.2) is 55.3 Å². The quantitative estimate of drug-likeness (QED) is 0.404. The summed E-state index contributed by atoms with van der Waals surface area (Å²) in [6.45, 7) is 0.478. The highest BCUT2D eigenvalue weighted by atomic mass is 35.5. The predicted molar refractivity (Wildman–Crippen MR) is 127 cm³/mol. The number of sulfone groups is 1. The van der Waals surface area contributed by atoms with E-state index in [9.17, 15) is 26.4 Å². The first-order valence-corrected chi connectivity index (χ1v) is 13.0. The number of nitrogens with two attached hydrogens (primary N) is 1. The molecule has 0 fully saturated rings. The number of carbonyl (C=O) groups is 1. The van der Waals surface area contributed by atoms with Crippen molar-refractivity contribution in [2.75, 3.05) is 22.6 Å². The smallest absolute Gasteiger partial charge is 0.403 e. The molecule has 0 unspecified atom stereocenters. The van der Waals surface area contributed by atoms with Gasteiger partial charge < -0.3 is 20.4 Å². The molecule has 10 nitrogen and oxygen atoms in total. The third kappa shape index (κ3) is 6.23. The SMILES string of the molecule is C[C@@H](COC(F)(F)F)Nc1nnc(-c2cc3c(cc2F)S(=O)(=O)C[C@H](N)C(=O)N3Cc2ccc(Cl)cc2)o1. The van der Waals surface area contributed by atoms with Crippen molar-refractivity contribution in [3.63, 3.8) is 0 Å². The van der Waals surface area contributed by atoms with Gasteiger partial charge in [0.2, 0.25) is 5.91 Å². The molecule has 204 valence electrons. The molecule has 1 aromatic heterocycles. The Kier molecular flexibility index (Phi) is 7.65. The van der Waals surface area contributed by atoms with Gasteiger partial charge in [0.05, 0.1) is 47.1 Å². The van der Waals surface area contributed by atoms with Crippen molar-refractivity contribution in [1.29, 1.82) is 0 Å². The van der Waals surface area contributed by atoms with Crippen molar-refractivity contribution in [1.82, 2.24) is 10.2 Å². The average Bonchev–Trinajstić information content (AvgIpc) is 3.27. The zero-order chi connectivity index (χ0) is 27.8. The summed E-state index contributed by atoms with van der Waals surface area (Å²) in [6.07, 6.45) is -4.83. The zero-order valence-corrected chi connectivity index (χ0v) is 21.1. The number of benzene rings is 2. The van der Waals surface area contributed by atoms with Gasteiger partial charge in [0.1, 0.15) is 5.82 Å². The van der Waals surface area contributed by atoms with Gasteiger partial charge in [0, 0.05) is 5.02 Å². The van der Waals surface area contributed by atoms with E-state index < -0.39 is 63.2 Å². The molecular weight excluding hydrogens is 558 g/mol. The van der Waals surface area contributed by atoms with E-state index in [-0.39, 0.29) is 23.8 Å². The number of hydrogen-bond donors (Lipinski definition) is 2. The van der Waals surface area contributed by atoms with Gasteiger partial charge in [-0.25, -0.2) is 12.8 Å². The number of alkyl halides is 3. The number of amides is 1. The molecule has 0 saturated carbocycles. The van der Waals surface area contributed by atoms with Gasteiger partial charge in [0.25, 0.3) is 5.89 Å². The fourth-order valence-electron chi connectivity index (χ4n) is 3.68. The third-order valence-electron chi connectivity index (χ3n) is 5.43. The van der Waals surface area contributed by atoms with Crippen LogP contribution >= 0.6 is 11.6 Å². The predicted octanol–water partition coefficient (Wildman–Crippen LogP) is 3.51. The van der Waals surface area contributed by atoms with Gasteiger partial charge in [0.15, 0.2) is 9.84 Å². The Bertz CT molecular complexity index is 1450. The van der Waals surface area contributed by atoms with Crippen molar-refractivity contribution in [3.8, 4) is 11.5 Å². The van der Waals surface area contributed by atoms with E-state index in [1.165, 1.54) is 6.92 Å². The Morgan fingerprint density at radius 1 is 1.26 bits per heavy atom. The van der Waals surface area contributed by atoms with Crippen LogP contribution in [0.4, 0.5) is 29.3 Å². The molecule has 2 aromatic carbocycles. The third-order valence-corrected chi connectivity index (χ3v) is 7.48. The van der Waals surface area contributed by atoms with E-state index in [0.29, 0.717) is 10.6 Å². The Morgan fingerprint density at radius 2 is 1.95 bits per heavy atom. The monoisotopic (exact) mass is 577 g/mol. The number of hydrogen-bond acceptors (Lipinski definition) is 9. The second-order valence-corrected chi connectivity index (χ2v) is 10.9. The van der Waals surface area contributed by atoms with Crippen molar-refractivity contribution in [2.24, 2.45) is 5.73 Å². The Morgan fingerprint density at radius 3 is 2.61 bits per heavy atom. The lowest BCUT2D eigenvalue weighted by Crippen LogP contribution is -2.45. The highest BCUT2D eigenvalue weighted by Gasteiger charge is 2.37. The van der Waals surface area contributed by atoms with Crippen LogP contribution in [0.1, 0.15) is 12.5 Å². The molecule has 1 amide bonds. The molecule has 2 atom stereocenters. The molecule has 0 aliphatic carbocycles. The average molecular weight is 578 g/mol. The Hall–Kier alpha value is -3.27. The van der Waals surface area contributed by atoms with Gasteiger partial charge in [-0.15, -0.1) is 18.3 Å². The second-order valence-electron chi connectivity index (χ2n) is 8.45. The number of anilines is 2. The molecular formula is C22H20ClF4N5O5S. The lowest BCUT2D eigenvalue weighted by molar-refractivity contribution is -0.325. The highest BCUT2D eigenvalue weighted by Crippen LogP contribution is 2.37. The molecule has 0 radical (unpaired) electrons.